The molecule has 0 bridgehead atoms. The van der Waals surface area contributed by atoms with Gasteiger partial charge in [-0.1, -0.05) is 11.6 Å². The molecule has 1 aromatic rings. The Morgan fingerprint density at radius 3 is 2.67 bits per heavy atom. The number of aliphatic hydroxyl groups excluding tert-OH is 1. The van der Waals surface area contributed by atoms with E-state index >= 15 is 0 Å². The molecule has 1 amide bonds. The number of benzene rings is 1. The van der Waals surface area contributed by atoms with Crippen molar-refractivity contribution < 1.29 is 19.4 Å². The second-order valence-electron chi connectivity index (χ2n) is 5.00. The molecule has 0 saturated carbocycles. The number of rotatable bonds is 5. The van der Waals surface area contributed by atoms with Crippen LogP contribution in [0.25, 0.3) is 0 Å². The van der Waals surface area contributed by atoms with E-state index in [0.29, 0.717) is 22.1 Å². The normalized spacial score (nSPS) is 14.9. The minimum atomic E-state index is -0.136. The van der Waals surface area contributed by atoms with Crippen LogP contribution in [-0.4, -0.2) is 42.7 Å². The summed E-state index contributed by atoms with van der Waals surface area (Å²) in [5, 5.41) is 9.47. The second-order valence-corrected chi connectivity index (χ2v) is 5.40. The molecule has 1 fully saturated rings. The van der Waals surface area contributed by atoms with Crippen LogP contribution in [0, 0.1) is 0 Å². The van der Waals surface area contributed by atoms with Crippen molar-refractivity contribution in [3.63, 3.8) is 0 Å². The smallest absolute Gasteiger partial charge is 0.260 e. The molecular weight excluding hydrogens is 294 g/mol. The first-order valence-corrected chi connectivity index (χ1v) is 7.41. The Morgan fingerprint density at radius 1 is 1.33 bits per heavy atom. The molecular formula is C15H20ClNO4. The van der Waals surface area contributed by atoms with Crippen LogP contribution in [0.2, 0.25) is 5.02 Å². The summed E-state index contributed by atoms with van der Waals surface area (Å²) in [4.78, 5) is 13.9. The molecule has 116 valence electrons. The topological polar surface area (TPSA) is 59.0 Å². The zero-order valence-corrected chi connectivity index (χ0v) is 12.9. The van der Waals surface area contributed by atoms with E-state index < -0.39 is 0 Å². The van der Waals surface area contributed by atoms with Crippen molar-refractivity contribution in [3.05, 3.63) is 22.7 Å². The summed E-state index contributed by atoms with van der Waals surface area (Å²) in [7, 11) is 1.49. The van der Waals surface area contributed by atoms with E-state index in [-0.39, 0.29) is 19.1 Å². The van der Waals surface area contributed by atoms with Crippen molar-refractivity contribution in [2.24, 2.45) is 0 Å². The molecule has 0 radical (unpaired) electrons. The van der Waals surface area contributed by atoms with Crippen LogP contribution in [0.1, 0.15) is 24.8 Å². The number of carbonyl (C=O) groups excluding carboxylic acids is 1. The number of halogens is 1. The number of ether oxygens (including phenoxy) is 2. The van der Waals surface area contributed by atoms with Crippen molar-refractivity contribution in [3.8, 4) is 11.5 Å². The van der Waals surface area contributed by atoms with Gasteiger partial charge in [0.05, 0.1) is 18.7 Å². The lowest BCUT2D eigenvalue weighted by Crippen LogP contribution is -2.38. The van der Waals surface area contributed by atoms with Gasteiger partial charge in [0, 0.05) is 13.1 Å². The zero-order chi connectivity index (χ0) is 15.2. The maximum Gasteiger partial charge on any atom is 0.260 e. The summed E-state index contributed by atoms with van der Waals surface area (Å²) < 4.78 is 10.7. The number of likely N-dealkylation sites (tertiary alicyclic amines) is 1. The van der Waals surface area contributed by atoms with Gasteiger partial charge in [-0.25, -0.2) is 0 Å². The van der Waals surface area contributed by atoms with Crippen LogP contribution < -0.4 is 9.47 Å². The molecule has 1 N–H and O–H groups in total. The first-order chi connectivity index (χ1) is 10.2. The van der Waals surface area contributed by atoms with Crippen LogP contribution in [-0.2, 0) is 11.4 Å². The van der Waals surface area contributed by atoms with Crippen LogP contribution in [0.15, 0.2) is 12.1 Å². The van der Waals surface area contributed by atoms with Crippen LogP contribution in [0.5, 0.6) is 11.5 Å². The number of piperidine rings is 1. The van der Waals surface area contributed by atoms with Gasteiger partial charge >= 0.3 is 0 Å². The predicted octanol–water partition coefficient (Wildman–Crippen LogP) is 2.23. The van der Waals surface area contributed by atoms with Crippen molar-refractivity contribution >= 4 is 17.5 Å². The Labute approximate surface area is 129 Å². The number of nitrogens with zero attached hydrogens (tertiary/aromatic N) is 1. The molecule has 1 aliphatic rings. The fraction of sp³-hybridized carbons (Fsp3) is 0.533. The third-order valence-corrected chi connectivity index (χ3v) is 3.80. The van der Waals surface area contributed by atoms with Gasteiger partial charge in [-0.2, -0.15) is 0 Å². The highest BCUT2D eigenvalue weighted by molar-refractivity contribution is 6.32. The lowest BCUT2D eigenvalue weighted by molar-refractivity contribution is -0.134. The third-order valence-electron chi connectivity index (χ3n) is 3.52. The number of carbonyl (C=O) groups is 1. The number of hydrogen-bond donors (Lipinski definition) is 1. The van der Waals surface area contributed by atoms with E-state index in [1.54, 1.807) is 12.1 Å². The molecule has 0 aromatic heterocycles. The first-order valence-electron chi connectivity index (χ1n) is 7.03. The van der Waals surface area contributed by atoms with Gasteiger partial charge in [-0.3, -0.25) is 4.79 Å². The monoisotopic (exact) mass is 313 g/mol. The van der Waals surface area contributed by atoms with Crippen molar-refractivity contribution in [1.82, 2.24) is 4.90 Å². The summed E-state index contributed by atoms with van der Waals surface area (Å²) >= 11 is 6.12. The van der Waals surface area contributed by atoms with Gasteiger partial charge < -0.3 is 19.5 Å². The minimum Gasteiger partial charge on any atom is -0.493 e. The minimum absolute atomic E-state index is 0.0425. The highest BCUT2D eigenvalue weighted by atomic mass is 35.5. The van der Waals surface area contributed by atoms with Gasteiger partial charge in [0.2, 0.25) is 0 Å². The molecule has 0 unspecified atom stereocenters. The van der Waals surface area contributed by atoms with E-state index in [4.69, 9.17) is 26.2 Å². The Kier molecular flexibility index (Phi) is 5.70. The third kappa shape index (κ3) is 4.02. The fourth-order valence-corrected chi connectivity index (χ4v) is 2.66. The first kappa shape index (κ1) is 15.9. The molecule has 1 saturated heterocycles. The van der Waals surface area contributed by atoms with Crippen molar-refractivity contribution in [2.45, 2.75) is 25.9 Å². The highest BCUT2D eigenvalue weighted by Gasteiger charge is 2.19. The Hall–Kier alpha value is -1.46. The lowest BCUT2D eigenvalue weighted by atomic mass is 10.1. The number of amides is 1. The maximum absolute atomic E-state index is 12.1. The van der Waals surface area contributed by atoms with Gasteiger partial charge in [0.15, 0.2) is 18.1 Å². The summed E-state index contributed by atoms with van der Waals surface area (Å²) in [6.45, 7) is 1.38. The summed E-state index contributed by atoms with van der Waals surface area (Å²) in [6.07, 6.45) is 3.26. The molecule has 0 atom stereocenters. The van der Waals surface area contributed by atoms with Crippen LogP contribution in [0.4, 0.5) is 0 Å². The molecule has 6 heteroatoms. The maximum atomic E-state index is 12.1. The van der Waals surface area contributed by atoms with Crippen molar-refractivity contribution in [2.75, 3.05) is 26.8 Å². The Bertz CT molecular complexity index is 501. The molecule has 0 spiro atoms. The predicted molar refractivity (Wildman–Crippen MR) is 79.9 cm³/mol. The average Bonchev–Trinajstić information content (AvgIpc) is 2.53. The second kappa shape index (κ2) is 7.52. The summed E-state index contributed by atoms with van der Waals surface area (Å²) in [5.41, 5.74) is 0.631. The van der Waals surface area contributed by atoms with Gasteiger partial charge in [-0.05, 0) is 37.0 Å². The number of aliphatic hydroxyl groups is 1. The SMILES string of the molecule is COc1cc(CO)cc(Cl)c1OCC(=O)N1CCCCC1. The van der Waals surface area contributed by atoms with Gasteiger partial charge in [0.25, 0.3) is 5.91 Å². The van der Waals surface area contributed by atoms with Gasteiger partial charge in [-0.15, -0.1) is 0 Å². The molecule has 21 heavy (non-hydrogen) atoms. The summed E-state index contributed by atoms with van der Waals surface area (Å²) in [6, 6.07) is 3.25. The summed E-state index contributed by atoms with van der Waals surface area (Å²) in [5.74, 6) is 0.707. The molecule has 0 aliphatic carbocycles. The quantitative estimate of drug-likeness (QED) is 0.905. The fourth-order valence-electron chi connectivity index (χ4n) is 2.37. The number of methoxy groups -OCH3 is 1. The van der Waals surface area contributed by atoms with Crippen LogP contribution in [0.3, 0.4) is 0 Å². The number of hydrogen-bond acceptors (Lipinski definition) is 4. The molecule has 2 rings (SSSR count). The van der Waals surface area contributed by atoms with E-state index in [1.807, 2.05) is 4.90 Å². The standard InChI is InChI=1S/C15H20ClNO4/c1-20-13-8-11(9-18)7-12(16)15(13)21-10-14(19)17-5-3-2-4-6-17/h7-8,18H,2-6,9-10H2,1H3. The Balaban J connectivity index is 2.03. The zero-order valence-electron chi connectivity index (χ0n) is 12.1. The largest absolute Gasteiger partial charge is 0.493 e. The molecule has 5 nitrogen and oxygen atoms in total. The van der Waals surface area contributed by atoms with E-state index in [0.717, 1.165) is 25.9 Å². The van der Waals surface area contributed by atoms with Gasteiger partial charge in [0.1, 0.15) is 0 Å². The van der Waals surface area contributed by atoms with E-state index in [2.05, 4.69) is 0 Å². The average molecular weight is 314 g/mol. The molecule has 1 heterocycles. The van der Waals surface area contributed by atoms with E-state index in [1.165, 1.54) is 13.5 Å². The Morgan fingerprint density at radius 2 is 2.05 bits per heavy atom. The van der Waals surface area contributed by atoms with Crippen LogP contribution >= 0.6 is 11.6 Å². The van der Waals surface area contributed by atoms with Crippen molar-refractivity contribution in [1.29, 1.82) is 0 Å². The molecule has 1 aliphatic heterocycles. The lowest BCUT2D eigenvalue weighted by Gasteiger charge is -2.26. The van der Waals surface area contributed by atoms with E-state index in [9.17, 15) is 4.79 Å². The molecule has 1 aromatic carbocycles. The highest BCUT2D eigenvalue weighted by Crippen LogP contribution is 2.36.